The van der Waals surface area contributed by atoms with Gasteiger partial charge in [0.25, 0.3) is 0 Å². The molecule has 0 radical (unpaired) electrons. The van der Waals surface area contributed by atoms with Gasteiger partial charge in [0.2, 0.25) is 0 Å². The van der Waals surface area contributed by atoms with E-state index in [1.165, 1.54) is 0 Å². The van der Waals surface area contributed by atoms with Gasteiger partial charge in [0.15, 0.2) is 0 Å². The molecule has 0 aliphatic rings. The zero-order valence-corrected chi connectivity index (χ0v) is 8.61. The molecular formula is C7H4Br2N2. The summed E-state index contributed by atoms with van der Waals surface area (Å²) < 4.78 is 1.99. The zero-order valence-electron chi connectivity index (χ0n) is 5.44. The number of benzene rings is 1. The van der Waals surface area contributed by atoms with Gasteiger partial charge in [0.05, 0.1) is 5.52 Å². The van der Waals surface area contributed by atoms with Crippen molar-refractivity contribution < 1.29 is 0 Å². The van der Waals surface area contributed by atoms with Crippen LogP contribution in [-0.2, 0) is 0 Å². The van der Waals surface area contributed by atoms with Gasteiger partial charge in [0.1, 0.15) is 4.60 Å². The highest BCUT2D eigenvalue weighted by Gasteiger charge is 2.00. The Morgan fingerprint density at radius 3 is 2.91 bits per heavy atom. The lowest BCUT2D eigenvalue weighted by Gasteiger charge is -1.88. The van der Waals surface area contributed by atoms with Crippen molar-refractivity contribution >= 4 is 42.8 Å². The number of H-pyrrole nitrogens is 1. The summed E-state index contributed by atoms with van der Waals surface area (Å²) in [6.07, 6.45) is 0. The summed E-state index contributed by atoms with van der Waals surface area (Å²) in [5.41, 5.74) is 0.972. The van der Waals surface area contributed by atoms with Gasteiger partial charge in [0, 0.05) is 9.86 Å². The molecule has 2 nitrogen and oxygen atoms in total. The zero-order chi connectivity index (χ0) is 7.84. The maximum atomic E-state index is 4.07. The van der Waals surface area contributed by atoms with Crippen LogP contribution in [0.2, 0.25) is 0 Å². The van der Waals surface area contributed by atoms with Gasteiger partial charge in [-0.1, -0.05) is 15.9 Å². The van der Waals surface area contributed by atoms with Crippen LogP contribution in [0, 0.1) is 0 Å². The molecule has 0 bridgehead atoms. The lowest BCUT2D eigenvalue weighted by atomic mass is 10.3. The molecule has 56 valence electrons. The Balaban J connectivity index is 2.87. The van der Waals surface area contributed by atoms with E-state index in [-0.39, 0.29) is 0 Å². The molecule has 1 N–H and O–H groups in total. The third kappa shape index (κ3) is 1.20. The first kappa shape index (κ1) is 7.31. The maximum absolute atomic E-state index is 4.07. The number of nitrogens with zero attached hydrogens (tertiary/aromatic N) is 1. The molecule has 0 aliphatic carbocycles. The second kappa shape index (κ2) is 2.60. The molecule has 0 aliphatic heterocycles. The Hall–Kier alpha value is -0.350. The Morgan fingerprint density at radius 2 is 2.09 bits per heavy atom. The van der Waals surface area contributed by atoms with Gasteiger partial charge in [-0.25, -0.2) is 0 Å². The van der Waals surface area contributed by atoms with E-state index in [4.69, 9.17) is 0 Å². The van der Waals surface area contributed by atoms with Crippen molar-refractivity contribution in [2.75, 3.05) is 0 Å². The minimum absolute atomic E-state index is 0.925. The highest BCUT2D eigenvalue weighted by Crippen LogP contribution is 2.23. The number of hydrogen-bond acceptors (Lipinski definition) is 1. The molecule has 0 saturated heterocycles. The van der Waals surface area contributed by atoms with Crippen LogP contribution in [0.4, 0.5) is 0 Å². The Kier molecular flexibility index (Phi) is 1.73. The van der Waals surface area contributed by atoms with E-state index in [0.29, 0.717) is 0 Å². The van der Waals surface area contributed by atoms with Gasteiger partial charge < -0.3 is 0 Å². The molecule has 0 spiro atoms. The largest absolute Gasteiger partial charge is 0.270 e. The van der Waals surface area contributed by atoms with Crippen molar-refractivity contribution in [3.8, 4) is 0 Å². The van der Waals surface area contributed by atoms with Gasteiger partial charge >= 0.3 is 0 Å². The van der Waals surface area contributed by atoms with Crippen molar-refractivity contribution in [1.82, 2.24) is 10.2 Å². The molecule has 0 saturated carbocycles. The van der Waals surface area contributed by atoms with Crippen LogP contribution < -0.4 is 0 Å². The van der Waals surface area contributed by atoms with Gasteiger partial charge in [-0.05, 0) is 34.1 Å². The number of fused-ring (bicyclic) bond motifs is 1. The first-order valence-corrected chi connectivity index (χ1v) is 4.65. The molecule has 0 unspecified atom stereocenters. The van der Waals surface area contributed by atoms with Gasteiger partial charge in [-0.15, -0.1) is 0 Å². The summed E-state index contributed by atoms with van der Waals surface area (Å²) in [5.74, 6) is 0. The minimum atomic E-state index is 0.925. The van der Waals surface area contributed by atoms with Gasteiger partial charge in [-0.2, -0.15) is 5.10 Å². The number of nitrogens with one attached hydrogen (secondary N) is 1. The van der Waals surface area contributed by atoms with Gasteiger partial charge in [-0.3, -0.25) is 5.10 Å². The molecule has 1 heterocycles. The lowest BCUT2D eigenvalue weighted by Crippen LogP contribution is -1.66. The monoisotopic (exact) mass is 274 g/mol. The van der Waals surface area contributed by atoms with E-state index in [0.717, 1.165) is 20.0 Å². The third-order valence-electron chi connectivity index (χ3n) is 1.47. The van der Waals surface area contributed by atoms with Crippen LogP contribution in [0.5, 0.6) is 0 Å². The molecule has 11 heavy (non-hydrogen) atoms. The predicted molar refractivity (Wildman–Crippen MR) is 51.5 cm³/mol. The second-order valence-electron chi connectivity index (χ2n) is 2.20. The second-order valence-corrected chi connectivity index (χ2v) is 3.91. The molecule has 4 heteroatoms. The van der Waals surface area contributed by atoms with E-state index >= 15 is 0 Å². The summed E-state index contributed by atoms with van der Waals surface area (Å²) in [7, 11) is 0. The summed E-state index contributed by atoms with van der Waals surface area (Å²) in [6, 6.07) is 5.94. The van der Waals surface area contributed by atoms with Crippen LogP contribution in [0.15, 0.2) is 27.3 Å². The molecule has 0 atom stereocenters. The fraction of sp³-hybridized carbons (Fsp3) is 0. The number of aromatic nitrogens is 2. The summed E-state index contributed by atoms with van der Waals surface area (Å²) in [6.45, 7) is 0. The molecule has 2 rings (SSSR count). The normalized spacial score (nSPS) is 10.7. The number of hydrogen-bond donors (Lipinski definition) is 1. The first-order valence-electron chi connectivity index (χ1n) is 3.06. The standard InChI is InChI=1S/C7H4Br2N2/c8-4-1-2-6-5(3-4)7(9)11-10-6/h1-3H,(H,10,11). The Labute approximate surface area is 80.2 Å². The highest BCUT2D eigenvalue weighted by molar-refractivity contribution is 9.11. The van der Waals surface area contributed by atoms with Crippen molar-refractivity contribution in [3.63, 3.8) is 0 Å². The van der Waals surface area contributed by atoms with Crippen molar-refractivity contribution in [2.45, 2.75) is 0 Å². The topological polar surface area (TPSA) is 28.7 Å². The third-order valence-corrected chi connectivity index (χ3v) is 2.57. The minimum Gasteiger partial charge on any atom is -0.270 e. The Bertz CT molecular complexity index is 394. The number of halogens is 2. The average Bonchev–Trinajstić information content (AvgIpc) is 2.33. The van der Waals surface area contributed by atoms with E-state index < -0.39 is 0 Å². The van der Waals surface area contributed by atoms with Crippen molar-refractivity contribution in [1.29, 1.82) is 0 Å². The van der Waals surface area contributed by atoms with Crippen LogP contribution >= 0.6 is 31.9 Å². The Morgan fingerprint density at radius 1 is 1.27 bits per heavy atom. The smallest absolute Gasteiger partial charge is 0.108 e. The number of rotatable bonds is 0. The van der Waals surface area contributed by atoms with Crippen LogP contribution in [0.25, 0.3) is 10.9 Å². The highest BCUT2D eigenvalue weighted by atomic mass is 79.9. The molecule has 0 amide bonds. The maximum Gasteiger partial charge on any atom is 0.108 e. The van der Waals surface area contributed by atoms with Crippen LogP contribution in [0.3, 0.4) is 0 Å². The summed E-state index contributed by atoms with van der Waals surface area (Å²) >= 11 is 6.75. The van der Waals surface area contributed by atoms with E-state index in [2.05, 4.69) is 42.1 Å². The fourth-order valence-electron chi connectivity index (χ4n) is 0.951. The summed E-state index contributed by atoms with van der Waals surface area (Å²) in [5, 5.41) is 8.01. The number of aromatic amines is 1. The van der Waals surface area contributed by atoms with E-state index in [1.807, 2.05) is 18.2 Å². The molecular weight excluding hydrogens is 272 g/mol. The molecule has 1 aromatic heterocycles. The van der Waals surface area contributed by atoms with E-state index in [9.17, 15) is 0 Å². The quantitative estimate of drug-likeness (QED) is 0.786. The lowest BCUT2D eigenvalue weighted by molar-refractivity contribution is 1.10. The SMILES string of the molecule is Brc1ccc2n[nH]c(Br)c2c1. The fourth-order valence-corrected chi connectivity index (χ4v) is 1.72. The van der Waals surface area contributed by atoms with Crippen LogP contribution in [0.1, 0.15) is 0 Å². The summed E-state index contributed by atoms with van der Waals surface area (Å²) in [4.78, 5) is 0. The van der Waals surface area contributed by atoms with Crippen molar-refractivity contribution in [2.24, 2.45) is 0 Å². The average molecular weight is 276 g/mol. The van der Waals surface area contributed by atoms with E-state index in [1.54, 1.807) is 0 Å². The van der Waals surface area contributed by atoms with Crippen LogP contribution in [-0.4, -0.2) is 10.2 Å². The first-order chi connectivity index (χ1) is 5.27. The molecule has 0 fully saturated rings. The van der Waals surface area contributed by atoms with Crippen molar-refractivity contribution in [3.05, 3.63) is 27.3 Å². The molecule has 2 aromatic rings. The predicted octanol–water partition coefficient (Wildman–Crippen LogP) is 3.09. The molecule has 1 aromatic carbocycles.